The number of aliphatic hydroxyl groups is 1. The van der Waals surface area contributed by atoms with Crippen LogP contribution in [0.5, 0.6) is 0 Å². The minimum Gasteiger partial charge on any atom is -0.385 e. The molecule has 0 saturated carbocycles. The predicted molar refractivity (Wildman–Crippen MR) is 93.0 cm³/mol. The van der Waals surface area contributed by atoms with E-state index in [1.807, 2.05) is 54.9 Å². The monoisotopic (exact) mass is 323 g/mol. The second-order valence-electron chi connectivity index (χ2n) is 5.92. The second kappa shape index (κ2) is 6.80. The molecule has 3 rings (SSSR count). The molecule has 1 unspecified atom stereocenters. The van der Waals surface area contributed by atoms with Crippen molar-refractivity contribution in [3.63, 3.8) is 0 Å². The number of nitrogens with one attached hydrogen (secondary N) is 1. The lowest BCUT2D eigenvalue weighted by molar-refractivity contribution is 0.0515. The zero-order valence-electron chi connectivity index (χ0n) is 13.8. The van der Waals surface area contributed by atoms with E-state index in [9.17, 15) is 5.11 Å². The normalized spacial score (nSPS) is 13.5. The van der Waals surface area contributed by atoms with E-state index in [4.69, 9.17) is 0 Å². The lowest BCUT2D eigenvalue weighted by atomic mass is 9.93. The summed E-state index contributed by atoms with van der Waals surface area (Å²) in [5.41, 5.74) is 0.0147. The molecular weight excluding hydrogens is 302 g/mol. The predicted octanol–water partition coefficient (Wildman–Crippen LogP) is 2.68. The van der Waals surface area contributed by atoms with Crippen LogP contribution in [-0.4, -0.2) is 31.2 Å². The van der Waals surface area contributed by atoms with Gasteiger partial charge in [-0.05, 0) is 25.8 Å². The Morgan fingerprint density at radius 3 is 2.71 bits per heavy atom. The average molecular weight is 323 g/mol. The Morgan fingerprint density at radius 2 is 2.00 bits per heavy atom. The molecule has 2 aromatic heterocycles. The quantitative estimate of drug-likeness (QED) is 0.729. The van der Waals surface area contributed by atoms with Gasteiger partial charge >= 0.3 is 0 Å². The first-order valence-electron chi connectivity index (χ1n) is 7.90. The van der Waals surface area contributed by atoms with Crippen LogP contribution >= 0.6 is 0 Å². The first-order chi connectivity index (χ1) is 11.6. The summed E-state index contributed by atoms with van der Waals surface area (Å²) in [6, 6.07) is 9.67. The lowest BCUT2D eigenvalue weighted by Crippen LogP contribution is -2.24. The summed E-state index contributed by atoms with van der Waals surface area (Å²) in [4.78, 5) is 12.9. The fourth-order valence-corrected chi connectivity index (χ4v) is 2.55. The summed E-state index contributed by atoms with van der Waals surface area (Å²) in [7, 11) is 0. The maximum Gasteiger partial charge on any atom is 0.159 e. The maximum absolute atomic E-state index is 10.6. The zero-order chi connectivity index (χ0) is 17.0. The van der Waals surface area contributed by atoms with Crippen LogP contribution in [0.4, 0.5) is 5.82 Å². The fraction of sp³-hybridized carbons (Fsp3) is 0.278. The van der Waals surface area contributed by atoms with Crippen molar-refractivity contribution >= 4 is 5.82 Å². The number of hydrogen-bond acceptors (Lipinski definition) is 5. The first kappa shape index (κ1) is 16.1. The van der Waals surface area contributed by atoms with Crippen molar-refractivity contribution in [2.45, 2.75) is 25.9 Å². The Kier molecular flexibility index (Phi) is 4.57. The largest absolute Gasteiger partial charge is 0.385 e. The van der Waals surface area contributed by atoms with Gasteiger partial charge in [0.2, 0.25) is 0 Å². The average Bonchev–Trinajstić information content (AvgIpc) is 3.02. The van der Waals surface area contributed by atoms with Crippen LogP contribution in [0.3, 0.4) is 0 Å². The minimum absolute atomic E-state index is 0.563. The van der Waals surface area contributed by atoms with Crippen LogP contribution in [0.2, 0.25) is 0 Å². The van der Waals surface area contributed by atoms with Gasteiger partial charge in [0.05, 0.1) is 18.0 Å². The number of anilines is 1. The Bertz CT molecular complexity index is 798. The molecule has 24 heavy (non-hydrogen) atoms. The summed E-state index contributed by atoms with van der Waals surface area (Å²) in [6.07, 6.45) is 7.51. The van der Waals surface area contributed by atoms with Crippen molar-refractivity contribution in [1.82, 2.24) is 19.5 Å². The van der Waals surface area contributed by atoms with Gasteiger partial charge in [0.1, 0.15) is 11.6 Å². The third kappa shape index (κ3) is 3.60. The van der Waals surface area contributed by atoms with E-state index in [-0.39, 0.29) is 0 Å². The molecule has 0 radical (unpaired) electrons. The highest BCUT2D eigenvalue weighted by Gasteiger charge is 2.22. The summed E-state index contributed by atoms with van der Waals surface area (Å²) in [6.45, 7) is 4.32. The fourth-order valence-electron chi connectivity index (χ4n) is 2.55. The molecule has 2 N–H and O–H groups in total. The first-order valence-corrected chi connectivity index (χ1v) is 7.90. The van der Waals surface area contributed by atoms with Crippen LogP contribution in [0.25, 0.3) is 5.82 Å². The summed E-state index contributed by atoms with van der Waals surface area (Å²) < 4.78 is 1.87. The molecule has 1 aromatic carbocycles. The third-order valence-electron chi connectivity index (χ3n) is 4.01. The Morgan fingerprint density at radius 1 is 1.21 bits per heavy atom. The van der Waals surface area contributed by atoms with Crippen LogP contribution in [0.15, 0.2) is 55.1 Å². The van der Waals surface area contributed by atoms with E-state index in [1.165, 1.54) is 0 Å². The number of hydrogen-bond donors (Lipinski definition) is 2. The van der Waals surface area contributed by atoms with E-state index in [0.717, 1.165) is 11.4 Å². The highest BCUT2D eigenvalue weighted by atomic mass is 16.3. The standard InChI is InChI=1S/C18H21N5O/c1-14-20-10-11-23(14)17-13-19-12-16(22-17)21-9-8-18(2,24)15-6-4-3-5-7-15/h3-7,10-13,24H,8-9H2,1-2H3,(H,21,22). The summed E-state index contributed by atoms with van der Waals surface area (Å²) in [5, 5.41) is 13.8. The van der Waals surface area contributed by atoms with Crippen molar-refractivity contribution in [3.8, 4) is 5.82 Å². The molecule has 124 valence electrons. The Balaban J connectivity index is 1.64. The molecule has 6 nitrogen and oxygen atoms in total. The number of imidazole rings is 1. The van der Waals surface area contributed by atoms with Crippen molar-refractivity contribution < 1.29 is 5.11 Å². The van der Waals surface area contributed by atoms with Crippen LogP contribution in [0, 0.1) is 6.92 Å². The van der Waals surface area contributed by atoms with Gasteiger partial charge < -0.3 is 10.4 Å². The van der Waals surface area contributed by atoms with Crippen molar-refractivity contribution in [2.24, 2.45) is 0 Å². The lowest BCUT2D eigenvalue weighted by Gasteiger charge is -2.24. The number of aromatic nitrogens is 4. The highest BCUT2D eigenvalue weighted by Crippen LogP contribution is 2.24. The third-order valence-corrected chi connectivity index (χ3v) is 4.01. The van der Waals surface area contributed by atoms with Gasteiger partial charge in [-0.15, -0.1) is 0 Å². The molecule has 0 bridgehead atoms. The van der Waals surface area contributed by atoms with Crippen molar-refractivity contribution in [3.05, 3.63) is 66.5 Å². The summed E-state index contributed by atoms with van der Waals surface area (Å²) >= 11 is 0. The molecule has 0 amide bonds. The minimum atomic E-state index is -0.889. The topological polar surface area (TPSA) is 75.9 Å². The zero-order valence-corrected chi connectivity index (χ0v) is 13.8. The van der Waals surface area contributed by atoms with Crippen molar-refractivity contribution in [2.75, 3.05) is 11.9 Å². The van der Waals surface area contributed by atoms with Gasteiger partial charge in [0.15, 0.2) is 5.82 Å². The van der Waals surface area contributed by atoms with Gasteiger partial charge in [-0.3, -0.25) is 9.55 Å². The van der Waals surface area contributed by atoms with Crippen molar-refractivity contribution in [1.29, 1.82) is 0 Å². The van der Waals surface area contributed by atoms with E-state index in [0.29, 0.717) is 24.6 Å². The maximum atomic E-state index is 10.6. The van der Waals surface area contributed by atoms with Gasteiger partial charge in [-0.25, -0.2) is 9.97 Å². The number of aryl methyl sites for hydroxylation is 1. The Hall–Kier alpha value is -2.73. The van der Waals surface area contributed by atoms with E-state index in [1.54, 1.807) is 18.6 Å². The van der Waals surface area contributed by atoms with Gasteiger partial charge in [0, 0.05) is 18.9 Å². The van der Waals surface area contributed by atoms with Gasteiger partial charge in [-0.1, -0.05) is 30.3 Å². The van der Waals surface area contributed by atoms with Crippen LogP contribution < -0.4 is 5.32 Å². The molecule has 2 heterocycles. The number of rotatable bonds is 6. The molecule has 0 saturated heterocycles. The molecule has 3 aromatic rings. The smallest absolute Gasteiger partial charge is 0.159 e. The highest BCUT2D eigenvalue weighted by molar-refractivity contribution is 5.36. The van der Waals surface area contributed by atoms with E-state index < -0.39 is 5.60 Å². The molecule has 0 aliphatic rings. The molecule has 1 atom stereocenters. The Labute approximate surface area is 141 Å². The number of benzene rings is 1. The van der Waals surface area contributed by atoms with Gasteiger partial charge in [-0.2, -0.15) is 0 Å². The summed E-state index contributed by atoms with van der Waals surface area (Å²) in [5.74, 6) is 2.24. The molecular formula is C18H21N5O. The van der Waals surface area contributed by atoms with Crippen LogP contribution in [0.1, 0.15) is 24.7 Å². The molecule has 0 aliphatic carbocycles. The van der Waals surface area contributed by atoms with E-state index >= 15 is 0 Å². The van der Waals surface area contributed by atoms with E-state index in [2.05, 4.69) is 20.3 Å². The van der Waals surface area contributed by atoms with Crippen LogP contribution in [-0.2, 0) is 5.60 Å². The molecule has 0 spiro atoms. The molecule has 0 fully saturated rings. The SMILES string of the molecule is Cc1nccn1-c1cncc(NCCC(C)(O)c2ccccc2)n1. The molecule has 6 heteroatoms. The molecule has 0 aliphatic heterocycles. The number of nitrogens with zero attached hydrogens (tertiary/aromatic N) is 4. The second-order valence-corrected chi connectivity index (χ2v) is 5.92. The van der Waals surface area contributed by atoms with Gasteiger partial charge in [0.25, 0.3) is 0 Å².